The Morgan fingerprint density at radius 3 is 2.88 bits per heavy atom. The molecule has 0 spiro atoms. The van der Waals surface area contributed by atoms with Crippen LogP contribution in [0.2, 0.25) is 0 Å². The number of aryl methyl sites for hydroxylation is 1. The molecule has 1 aromatic heterocycles. The summed E-state index contributed by atoms with van der Waals surface area (Å²) in [7, 11) is 0. The molecule has 2 rings (SSSR count). The van der Waals surface area contributed by atoms with E-state index in [4.69, 9.17) is 15.3 Å². The highest BCUT2D eigenvalue weighted by molar-refractivity contribution is 5.81. The molecule has 90 valence electrons. The van der Waals surface area contributed by atoms with Crippen LogP contribution in [0.3, 0.4) is 0 Å². The number of hydrogen-bond acceptors (Lipinski definition) is 3. The summed E-state index contributed by atoms with van der Waals surface area (Å²) in [5, 5.41) is 9.80. The van der Waals surface area contributed by atoms with E-state index in [9.17, 15) is 4.79 Å². The third-order valence-corrected chi connectivity index (χ3v) is 2.87. The molecule has 0 aliphatic rings. The fourth-order valence-corrected chi connectivity index (χ4v) is 1.94. The van der Waals surface area contributed by atoms with Crippen LogP contribution in [-0.4, -0.2) is 17.6 Å². The SMILES string of the molecule is Cc1cccc2cc([C@@H](CN)CC(=O)O)oc12. The second kappa shape index (κ2) is 4.59. The van der Waals surface area contributed by atoms with Gasteiger partial charge in [0.2, 0.25) is 0 Å². The molecule has 2 aromatic rings. The zero-order valence-electron chi connectivity index (χ0n) is 9.64. The van der Waals surface area contributed by atoms with Crippen molar-refractivity contribution in [2.75, 3.05) is 6.54 Å². The lowest BCUT2D eigenvalue weighted by Crippen LogP contribution is -2.15. The third kappa shape index (κ3) is 2.31. The molecule has 0 bridgehead atoms. The van der Waals surface area contributed by atoms with Gasteiger partial charge in [0, 0.05) is 17.8 Å². The number of carboxylic acid groups (broad SMARTS) is 1. The van der Waals surface area contributed by atoms with Crippen LogP contribution < -0.4 is 5.73 Å². The maximum absolute atomic E-state index is 10.7. The van der Waals surface area contributed by atoms with Crippen LogP contribution in [0.5, 0.6) is 0 Å². The Kier molecular flexibility index (Phi) is 3.15. The first-order valence-corrected chi connectivity index (χ1v) is 5.52. The fourth-order valence-electron chi connectivity index (χ4n) is 1.94. The van der Waals surface area contributed by atoms with Crippen molar-refractivity contribution in [2.45, 2.75) is 19.3 Å². The maximum Gasteiger partial charge on any atom is 0.304 e. The molecule has 3 N–H and O–H groups in total. The molecule has 0 saturated heterocycles. The lowest BCUT2D eigenvalue weighted by Gasteiger charge is -2.07. The van der Waals surface area contributed by atoms with Gasteiger partial charge >= 0.3 is 5.97 Å². The molecule has 0 amide bonds. The highest BCUT2D eigenvalue weighted by Crippen LogP contribution is 2.28. The zero-order valence-corrected chi connectivity index (χ0v) is 9.64. The van der Waals surface area contributed by atoms with Gasteiger partial charge < -0.3 is 15.3 Å². The summed E-state index contributed by atoms with van der Waals surface area (Å²) in [6, 6.07) is 7.74. The number of aliphatic carboxylic acids is 1. The highest BCUT2D eigenvalue weighted by atomic mass is 16.4. The monoisotopic (exact) mass is 233 g/mol. The molecular formula is C13H15NO3. The van der Waals surface area contributed by atoms with E-state index in [2.05, 4.69) is 0 Å². The summed E-state index contributed by atoms with van der Waals surface area (Å²) in [6.07, 6.45) is -0.00459. The maximum atomic E-state index is 10.7. The second-order valence-electron chi connectivity index (χ2n) is 4.17. The molecular weight excluding hydrogens is 218 g/mol. The molecule has 1 aromatic carbocycles. The van der Waals surface area contributed by atoms with Gasteiger partial charge in [-0.15, -0.1) is 0 Å². The summed E-state index contributed by atoms with van der Waals surface area (Å²) in [4.78, 5) is 10.7. The van der Waals surface area contributed by atoms with Crippen molar-refractivity contribution in [1.29, 1.82) is 0 Å². The van der Waals surface area contributed by atoms with Crippen molar-refractivity contribution in [3.63, 3.8) is 0 Å². The molecule has 1 heterocycles. The lowest BCUT2D eigenvalue weighted by molar-refractivity contribution is -0.137. The molecule has 0 radical (unpaired) electrons. The molecule has 4 nitrogen and oxygen atoms in total. The molecule has 0 aliphatic heterocycles. The lowest BCUT2D eigenvalue weighted by atomic mass is 10.0. The molecule has 0 aliphatic carbocycles. The largest absolute Gasteiger partial charge is 0.481 e. The van der Waals surface area contributed by atoms with Crippen molar-refractivity contribution in [2.24, 2.45) is 5.73 Å². The van der Waals surface area contributed by atoms with E-state index >= 15 is 0 Å². The molecule has 0 unspecified atom stereocenters. The Bertz CT molecular complexity index is 545. The van der Waals surface area contributed by atoms with Crippen LogP contribution in [0.25, 0.3) is 11.0 Å². The average molecular weight is 233 g/mol. The van der Waals surface area contributed by atoms with Crippen molar-refractivity contribution < 1.29 is 14.3 Å². The van der Waals surface area contributed by atoms with Crippen LogP contribution in [-0.2, 0) is 4.79 Å². The van der Waals surface area contributed by atoms with Gasteiger partial charge in [0.25, 0.3) is 0 Å². The van der Waals surface area contributed by atoms with E-state index in [1.165, 1.54) is 0 Å². The number of carbonyl (C=O) groups is 1. The highest BCUT2D eigenvalue weighted by Gasteiger charge is 2.18. The molecule has 4 heteroatoms. The summed E-state index contributed by atoms with van der Waals surface area (Å²) < 4.78 is 5.71. The molecule has 1 atom stereocenters. The van der Waals surface area contributed by atoms with Crippen molar-refractivity contribution in [1.82, 2.24) is 0 Å². The first kappa shape index (κ1) is 11.7. The minimum absolute atomic E-state index is 0.00459. The van der Waals surface area contributed by atoms with E-state index in [0.717, 1.165) is 16.5 Å². The Hall–Kier alpha value is -1.81. The normalized spacial score (nSPS) is 12.8. The van der Waals surface area contributed by atoms with E-state index in [1.54, 1.807) is 0 Å². The number of nitrogens with two attached hydrogens (primary N) is 1. The van der Waals surface area contributed by atoms with Gasteiger partial charge in [0.1, 0.15) is 11.3 Å². The average Bonchev–Trinajstić information content (AvgIpc) is 2.70. The predicted octanol–water partition coefficient (Wildman–Crippen LogP) is 2.26. The standard InChI is InChI=1S/C13H15NO3/c1-8-3-2-4-9-5-11(17-13(8)9)10(7-14)6-12(15)16/h2-5,10H,6-7,14H2,1H3,(H,15,16)/t10-/m1/s1. The van der Waals surface area contributed by atoms with Gasteiger partial charge in [0.15, 0.2) is 0 Å². The summed E-state index contributed by atoms with van der Waals surface area (Å²) in [6.45, 7) is 2.23. The Labute approximate surface area is 99.0 Å². The molecule has 17 heavy (non-hydrogen) atoms. The number of carboxylic acids is 1. The fraction of sp³-hybridized carbons (Fsp3) is 0.308. The topological polar surface area (TPSA) is 76.5 Å². The predicted molar refractivity (Wildman–Crippen MR) is 65.0 cm³/mol. The number of fused-ring (bicyclic) bond motifs is 1. The third-order valence-electron chi connectivity index (χ3n) is 2.87. The summed E-state index contributed by atoms with van der Waals surface area (Å²) >= 11 is 0. The van der Waals surface area contributed by atoms with Gasteiger partial charge in [-0.25, -0.2) is 0 Å². The smallest absolute Gasteiger partial charge is 0.304 e. The Morgan fingerprint density at radius 1 is 1.53 bits per heavy atom. The number of rotatable bonds is 4. The molecule has 0 fully saturated rings. The zero-order chi connectivity index (χ0) is 12.4. The number of furan rings is 1. The van der Waals surface area contributed by atoms with E-state index < -0.39 is 5.97 Å². The number of benzene rings is 1. The second-order valence-corrected chi connectivity index (χ2v) is 4.17. The quantitative estimate of drug-likeness (QED) is 0.849. The van der Waals surface area contributed by atoms with Crippen molar-refractivity contribution in [3.8, 4) is 0 Å². The number of hydrogen-bond donors (Lipinski definition) is 2. The van der Waals surface area contributed by atoms with Crippen LogP contribution in [0.4, 0.5) is 0 Å². The van der Waals surface area contributed by atoms with Gasteiger partial charge in [-0.1, -0.05) is 18.2 Å². The van der Waals surface area contributed by atoms with E-state index in [0.29, 0.717) is 5.76 Å². The van der Waals surface area contributed by atoms with Crippen LogP contribution in [0, 0.1) is 6.92 Å². The van der Waals surface area contributed by atoms with E-state index in [-0.39, 0.29) is 18.9 Å². The van der Waals surface area contributed by atoms with Crippen molar-refractivity contribution in [3.05, 3.63) is 35.6 Å². The Morgan fingerprint density at radius 2 is 2.29 bits per heavy atom. The minimum atomic E-state index is -0.863. The van der Waals surface area contributed by atoms with E-state index in [1.807, 2.05) is 31.2 Å². The Balaban J connectivity index is 2.41. The van der Waals surface area contributed by atoms with Crippen LogP contribution in [0.15, 0.2) is 28.7 Å². The minimum Gasteiger partial charge on any atom is -0.481 e. The summed E-state index contributed by atoms with van der Waals surface area (Å²) in [5.41, 5.74) is 7.44. The van der Waals surface area contributed by atoms with Crippen molar-refractivity contribution >= 4 is 16.9 Å². The number of para-hydroxylation sites is 1. The van der Waals surface area contributed by atoms with Gasteiger partial charge in [-0.05, 0) is 18.6 Å². The van der Waals surface area contributed by atoms with Gasteiger partial charge in [-0.2, -0.15) is 0 Å². The first-order chi connectivity index (χ1) is 8.11. The van der Waals surface area contributed by atoms with Gasteiger partial charge in [0.05, 0.1) is 6.42 Å². The summed E-state index contributed by atoms with van der Waals surface area (Å²) in [5.74, 6) is -0.476. The molecule has 0 saturated carbocycles. The van der Waals surface area contributed by atoms with Crippen LogP contribution in [0.1, 0.15) is 23.7 Å². The van der Waals surface area contributed by atoms with Crippen LogP contribution >= 0.6 is 0 Å². The van der Waals surface area contributed by atoms with Gasteiger partial charge in [-0.3, -0.25) is 4.79 Å². The first-order valence-electron chi connectivity index (χ1n) is 5.52.